The number of hydrogen-bond donors (Lipinski definition) is 3. The van der Waals surface area contributed by atoms with E-state index in [9.17, 15) is 4.79 Å². The zero-order valence-corrected chi connectivity index (χ0v) is 13.3. The summed E-state index contributed by atoms with van der Waals surface area (Å²) in [7, 11) is 0. The molecule has 0 unspecified atom stereocenters. The monoisotopic (exact) mass is 313 g/mol. The van der Waals surface area contributed by atoms with Crippen LogP contribution in [0.2, 0.25) is 0 Å². The van der Waals surface area contributed by atoms with Crippen LogP contribution in [0.4, 0.5) is 10.9 Å². The van der Waals surface area contributed by atoms with Gasteiger partial charge in [0.05, 0.1) is 6.61 Å². The van der Waals surface area contributed by atoms with Gasteiger partial charge >= 0.3 is 0 Å². The second kappa shape index (κ2) is 7.06. The number of aliphatic hydroxyl groups excluding tert-OH is 1. The van der Waals surface area contributed by atoms with Gasteiger partial charge in [-0.1, -0.05) is 11.3 Å². The van der Waals surface area contributed by atoms with Gasteiger partial charge in [0.25, 0.3) is 5.91 Å². The van der Waals surface area contributed by atoms with Crippen LogP contribution < -0.4 is 16.0 Å². The fourth-order valence-corrected chi connectivity index (χ4v) is 3.29. The number of nitrogens with two attached hydrogens (primary N) is 1. The summed E-state index contributed by atoms with van der Waals surface area (Å²) in [5.41, 5.74) is 5.93. The van der Waals surface area contributed by atoms with Crippen molar-refractivity contribution in [2.75, 3.05) is 50.0 Å². The Morgan fingerprint density at radius 3 is 2.76 bits per heavy atom. The van der Waals surface area contributed by atoms with E-state index in [1.807, 2.05) is 13.8 Å². The number of aliphatic hydroxyl groups is 1. The average Bonchev–Trinajstić information content (AvgIpc) is 2.87. The van der Waals surface area contributed by atoms with Crippen molar-refractivity contribution in [1.82, 2.24) is 15.2 Å². The van der Waals surface area contributed by atoms with E-state index in [4.69, 9.17) is 10.8 Å². The van der Waals surface area contributed by atoms with Crippen LogP contribution in [0.15, 0.2) is 0 Å². The molecule has 1 saturated heterocycles. The van der Waals surface area contributed by atoms with E-state index in [-0.39, 0.29) is 24.4 Å². The topological polar surface area (TPSA) is 94.7 Å². The number of nitrogens with zero attached hydrogens (tertiary/aromatic N) is 3. The Labute approximate surface area is 128 Å². The van der Waals surface area contributed by atoms with Crippen molar-refractivity contribution in [3.05, 3.63) is 4.88 Å². The van der Waals surface area contributed by atoms with Crippen LogP contribution in [-0.4, -0.2) is 66.3 Å². The first-order chi connectivity index (χ1) is 10.0. The molecule has 0 bridgehead atoms. The molecule has 0 aromatic carbocycles. The quantitative estimate of drug-likeness (QED) is 0.707. The van der Waals surface area contributed by atoms with Crippen molar-refractivity contribution in [3.8, 4) is 0 Å². The zero-order chi connectivity index (χ0) is 15.4. The normalized spacial score (nSPS) is 15.5. The lowest BCUT2D eigenvalue weighted by Crippen LogP contribution is -2.43. The number of carbonyl (C=O) groups is 1. The minimum absolute atomic E-state index is 0.00814. The summed E-state index contributed by atoms with van der Waals surface area (Å²) in [5, 5.41) is 13.2. The molecule has 0 saturated carbocycles. The molecule has 2 heterocycles. The SMILES string of the molecule is CC(C)N(CCO)C(=O)c1sc(N2CCNCC2)nc1N. The molecule has 1 aromatic heterocycles. The number of hydrogen-bond acceptors (Lipinski definition) is 7. The number of amides is 1. The second-order valence-electron chi connectivity index (χ2n) is 5.26. The number of piperazine rings is 1. The first kappa shape index (κ1) is 16.0. The van der Waals surface area contributed by atoms with Crippen LogP contribution in [0.3, 0.4) is 0 Å². The molecule has 118 valence electrons. The van der Waals surface area contributed by atoms with Gasteiger partial charge in [0.1, 0.15) is 10.7 Å². The molecule has 0 atom stereocenters. The molecule has 21 heavy (non-hydrogen) atoms. The molecule has 1 aliphatic heterocycles. The van der Waals surface area contributed by atoms with Crippen LogP contribution >= 0.6 is 11.3 Å². The number of nitrogen functional groups attached to an aromatic ring is 1. The van der Waals surface area contributed by atoms with Gasteiger partial charge in [-0.2, -0.15) is 0 Å². The predicted molar refractivity (Wildman–Crippen MR) is 84.9 cm³/mol. The van der Waals surface area contributed by atoms with Crippen molar-refractivity contribution < 1.29 is 9.90 Å². The Morgan fingerprint density at radius 1 is 1.52 bits per heavy atom. The third-order valence-electron chi connectivity index (χ3n) is 3.45. The van der Waals surface area contributed by atoms with E-state index in [0.29, 0.717) is 11.4 Å². The highest BCUT2D eigenvalue weighted by atomic mass is 32.1. The maximum absolute atomic E-state index is 12.6. The highest BCUT2D eigenvalue weighted by molar-refractivity contribution is 7.18. The van der Waals surface area contributed by atoms with Crippen LogP contribution in [0, 0.1) is 0 Å². The van der Waals surface area contributed by atoms with E-state index in [0.717, 1.165) is 31.3 Å². The molecule has 1 amide bonds. The second-order valence-corrected chi connectivity index (χ2v) is 6.24. The van der Waals surface area contributed by atoms with Crippen LogP contribution in [-0.2, 0) is 0 Å². The maximum Gasteiger partial charge on any atom is 0.268 e. The fraction of sp³-hybridized carbons (Fsp3) is 0.692. The number of rotatable bonds is 5. The molecular formula is C13H23N5O2S. The third-order valence-corrected chi connectivity index (χ3v) is 4.57. The molecule has 1 fully saturated rings. The fourth-order valence-electron chi connectivity index (χ4n) is 2.30. The lowest BCUT2D eigenvalue weighted by Gasteiger charge is -2.27. The van der Waals surface area contributed by atoms with Gasteiger partial charge in [-0.15, -0.1) is 0 Å². The molecule has 1 aromatic rings. The van der Waals surface area contributed by atoms with Crippen molar-refractivity contribution in [3.63, 3.8) is 0 Å². The highest BCUT2D eigenvalue weighted by Crippen LogP contribution is 2.29. The Balaban J connectivity index is 2.19. The lowest BCUT2D eigenvalue weighted by atomic mass is 10.3. The van der Waals surface area contributed by atoms with E-state index < -0.39 is 0 Å². The van der Waals surface area contributed by atoms with Gasteiger partial charge in [-0.05, 0) is 13.8 Å². The minimum Gasteiger partial charge on any atom is -0.395 e. The van der Waals surface area contributed by atoms with E-state index in [2.05, 4.69) is 15.2 Å². The van der Waals surface area contributed by atoms with Crippen LogP contribution in [0.5, 0.6) is 0 Å². The van der Waals surface area contributed by atoms with Crippen molar-refractivity contribution >= 4 is 28.2 Å². The number of aromatic nitrogens is 1. The van der Waals surface area contributed by atoms with Crippen LogP contribution in [0.1, 0.15) is 23.5 Å². The molecule has 4 N–H and O–H groups in total. The Morgan fingerprint density at radius 2 is 2.19 bits per heavy atom. The van der Waals surface area contributed by atoms with E-state index in [1.165, 1.54) is 11.3 Å². The van der Waals surface area contributed by atoms with Crippen molar-refractivity contribution in [1.29, 1.82) is 0 Å². The van der Waals surface area contributed by atoms with Gasteiger partial charge in [-0.25, -0.2) is 4.98 Å². The maximum atomic E-state index is 12.6. The lowest BCUT2D eigenvalue weighted by molar-refractivity contribution is 0.0671. The highest BCUT2D eigenvalue weighted by Gasteiger charge is 2.25. The number of carbonyl (C=O) groups excluding carboxylic acids is 1. The summed E-state index contributed by atoms with van der Waals surface area (Å²) in [5.74, 6) is 0.123. The standard InChI is InChI=1S/C13H23N5O2S/c1-9(2)18(7-8-19)12(20)10-11(14)16-13(21-10)17-5-3-15-4-6-17/h9,15,19H,3-8,14H2,1-2H3. The Hall–Kier alpha value is -1.38. The third kappa shape index (κ3) is 3.63. The molecule has 2 rings (SSSR count). The van der Waals surface area contributed by atoms with Crippen LogP contribution in [0.25, 0.3) is 0 Å². The summed E-state index contributed by atoms with van der Waals surface area (Å²) < 4.78 is 0. The molecule has 7 nitrogen and oxygen atoms in total. The summed E-state index contributed by atoms with van der Waals surface area (Å²) in [6.45, 7) is 7.63. The van der Waals surface area contributed by atoms with Crippen molar-refractivity contribution in [2.45, 2.75) is 19.9 Å². The minimum atomic E-state index is -0.157. The Bertz CT molecular complexity index is 485. The predicted octanol–water partition coefficient (Wildman–Crippen LogP) is -0.0222. The van der Waals surface area contributed by atoms with Gasteiger partial charge in [0.15, 0.2) is 5.13 Å². The number of thiazole rings is 1. The van der Waals surface area contributed by atoms with Crippen molar-refractivity contribution in [2.24, 2.45) is 0 Å². The number of anilines is 2. The first-order valence-corrected chi connectivity index (χ1v) is 8.00. The van der Waals surface area contributed by atoms with Gasteiger partial charge in [0, 0.05) is 38.8 Å². The summed E-state index contributed by atoms with van der Waals surface area (Å²) >= 11 is 1.33. The smallest absolute Gasteiger partial charge is 0.268 e. The largest absolute Gasteiger partial charge is 0.395 e. The molecule has 0 aliphatic carbocycles. The average molecular weight is 313 g/mol. The summed E-state index contributed by atoms with van der Waals surface area (Å²) in [6.07, 6.45) is 0. The van der Waals surface area contributed by atoms with Gasteiger partial charge in [0.2, 0.25) is 0 Å². The molecule has 1 aliphatic rings. The van der Waals surface area contributed by atoms with E-state index in [1.54, 1.807) is 4.90 Å². The summed E-state index contributed by atoms with van der Waals surface area (Å²) in [6, 6.07) is 0.00814. The zero-order valence-electron chi connectivity index (χ0n) is 12.5. The molecule has 8 heteroatoms. The summed E-state index contributed by atoms with van der Waals surface area (Å²) in [4.78, 5) is 21.1. The first-order valence-electron chi connectivity index (χ1n) is 7.18. The Kier molecular flexibility index (Phi) is 5.38. The molecular weight excluding hydrogens is 290 g/mol. The van der Waals surface area contributed by atoms with E-state index >= 15 is 0 Å². The molecule has 0 spiro atoms. The number of nitrogens with one attached hydrogen (secondary N) is 1. The van der Waals surface area contributed by atoms with Gasteiger partial charge < -0.3 is 26.0 Å². The van der Waals surface area contributed by atoms with Gasteiger partial charge in [-0.3, -0.25) is 4.79 Å². The molecule has 0 radical (unpaired) electrons.